The molecule has 1 N–H and O–H groups in total. The first-order chi connectivity index (χ1) is 10.7. The highest BCUT2D eigenvalue weighted by molar-refractivity contribution is 9.10. The summed E-state index contributed by atoms with van der Waals surface area (Å²) in [4.78, 5) is 12.9. The van der Waals surface area contributed by atoms with E-state index in [0.717, 1.165) is 15.0 Å². The van der Waals surface area contributed by atoms with Gasteiger partial charge in [-0.15, -0.1) is 16.4 Å². The van der Waals surface area contributed by atoms with Gasteiger partial charge in [-0.25, -0.2) is 10.1 Å². The summed E-state index contributed by atoms with van der Waals surface area (Å²) in [5.74, 6) is -0.282. The lowest BCUT2D eigenvalue weighted by atomic mass is 10.2. The average Bonchev–Trinajstić information content (AvgIpc) is 3.19. The van der Waals surface area contributed by atoms with E-state index in [-0.39, 0.29) is 5.91 Å². The number of rotatable bonds is 4. The number of hydrogen-bond acceptors (Lipinski definition) is 6. The standard InChI is InChI=1S/C13H9BrN6OS/c14-10-5-12(22-7-10)6-15-17-13(21)9-1-3-11(4-2-9)20-8-16-18-19-20/h1-8H,(H,17,21)/b15-6+. The Morgan fingerprint density at radius 1 is 1.36 bits per heavy atom. The Hall–Kier alpha value is -2.39. The predicted octanol–water partition coefficient (Wildman–Crippen LogP) is 2.25. The van der Waals surface area contributed by atoms with E-state index in [9.17, 15) is 4.79 Å². The molecule has 0 spiro atoms. The second-order valence-corrected chi connectivity index (χ2v) is 6.03. The third-order valence-corrected chi connectivity index (χ3v) is 4.32. The summed E-state index contributed by atoms with van der Waals surface area (Å²) in [5, 5.41) is 16.8. The highest BCUT2D eigenvalue weighted by atomic mass is 79.9. The third-order valence-electron chi connectivity index (χ3n) is 2.69. The summed E-state index contributed by atoms with van der Waals surface area (Å²) in [6.45, 7) is 0. The van der Waals surface area contributed by atoms with Crippen LogP contribution in [0, 0.1) is 0 Å². The summed E-state index contributed by atoms with van der Waals surface area (Å²) >= 11 is 4.89. The van der Waals surface area contributed by atoms with Crippen molar-refractivity contribution in [2.24, 2.45) is 5.10 Å². The molecule has 110 valence electrons. The van der Waals surface area contributed by atoms with Crippen LogP contribution < -0.4 is 5.43 Å². The molecule has 0 aliphatic heterocycles. The number of halogens is 1. The second-order valence-electron chi connectivity index (χ2n) is 4.17. The first-order valence-electron chi connectivity index (χ1n) is 6.13. The monoisotopic (exact) mass is 376 g/mol. The Morgan fingerprint density at radius 3 is 2.82 bits per heavy atom. The van der Waals surface area contributed by atoms with Gasteiger partial charge in [0.15, 0.2) is 0 Å². The van der Waals surface area contributed by atoms with Gasteiger partial charge >= 0.3 is 0 Å². The normalized spacial score (nSPS) is 11.0. The van der Waals surface area contributed by atoms with Crippen molar-refractivity contribution in [3.63, 3.8) is 0 Å². The number of carbonyl (C=O) groups excluding carboxylic acids is 1. The largest absolute Gasteiger partial charge is 0.271 e. The summed E-state index contributed by atoms with van der Waals surface area (Å²) in [7, 11) is 0. The van der Waals surface area contributed by atoms with E-state index in [1.807, 2.05) is 11.4 Å². The Labute approximate surface area is 137 Å². The van der Waals surface area contributed by atoms with Crippen LogP contribution in [0.1, 0.15) is 15.2 Å². The lowest BCUT2D eigenvalue weighted by Crippen LogP contribution is -2.17. The van der Waals surface area contributed by atoms with Crippen molar-refractivity contribution < 1.29 is 4.79 Å². The molecular weight excluding hydrogens is 368 g/mol. The van der Waals surface area contributed by atoms with E-state index in [2.05, 4.69) is 42.0 Å². The van der Waals surface area contributed by atoms with E-state index >= 15 is 0 Å². The Balaban J connectivity index is 1.64. The van der Waals surface area contributed by atoms with Gasteiger partial charge < -0.3 is 0 Å². The summed E-state index contributed by atoms with van der Waals surface area (Å²) in [6.07, 6.45) is 3.08. The predicted molar refractivity (Wildman–Crippen MR) is 86.2 cm³/mol. The number of carbonyl (C=O) groups is 1. The van der Waals surface area contributed by atoms with Gasteiger partial charge in [-0.1, -0.05) is 0 Å². The van der Waals surface area contributed by atoms with E-state index in [4.69, 9.17) is 0 Å². The number of benzene rings is 1. The number of aromatic nitrogens is 4. The van der Waals surface area contributed by atoms with Gasteiger partial charge in [-0.3, -0.25) is 4.79 Å². The maximum Gasteiger partial charge on any atom is 0.271 e. The fourth-order valence-corrected chi connectivity index (χ4v) is 2.96. The molecule has 2 heterocycles. The maximum atomic E-state index is 12.0. The molecular formula is C13H9BrN6OS. The van der Waals surface area contributed by atoms with Crippen molar-refractivity contribution in [3.8, 4) is 5.69 Å². The number of hydrazone groups is 1. The molecule has 1 aromatic carbocycles. The fourth-order valence-electron chi connectivity index (χ4n) is 1.66. The minimum atomic E-state index is -0.282. The molecule has 0 saturated heterocycles. The van der Waals surface area contributed by atoms with Crippen molar-refractivity contribution in [3.05, 3.63) is 57.0 Å². The zero-order valence-electron chi connectivity index (χ0n) is 11.0. The molecule has 0 unspecified atom stereocenters. The van der Waals surface area contributed by atoms with Crippen LogP contribution in [0.5, 0.6) is 0 Å². The van der Waals surface area contributed by atoms with Crippen LogP contribution in [0.15, 0.2) is 51.6 Å². The van der Waals surface area contributed by atoms with E-state index in [1.165, 1.54) is 22.3 Å². The maximum absolute atomic E-state index is 12.0. The minimum absolute atomic E-state index is 0.282. The van der Waals surface area contributed by atoms with Crippen LogP contribution in [0.25, 0.3) is 5.69 Å². The molecule has 1 amide bonds. The number of nitrogens with one attached hydrogen (secondary N) is 1. The highest BCUT2D eigenvalue weighted by Crippen LogP contribution is 2.17. The summed E-state index contributed by atoms with van der Waals surface area (Å²) in [5.41, 5.74) is 3.76. The molecule has 0 fully saturated rings. The zero-order chi connectivity index (χ0) is 15.4. The first kappa shape index (κ1) is 14.5. The number of amides is 1. The van der Waals surface area contributed by atoms with Crippen LogP contribution >= 0.6 is 27.3 Å². The van der Waals surface area contributed by atoms with Crippen LogP contribution in [0.4, 0.5) is 0 Å². The van der Waals surface area contributed by atoms with Gasteiger partial charge in [-0.2, -0.15) is 5.10 Å². The quantitative estimate of drug-likeness (QED) is 0.558. The molecule has 7 nitrogen and oxygen atoms in total. The molecule has 0 aliphatic carbocycles. The molecule has 22 heavy (non-hydrogen) atoms. The van der Waals surface area contributed by atoms with Crippen LogP contribution in [0.2, 0.25) is 0 Å². The molecule has 3 aromatic rings. The molecule has 2 aromatic heterocycles. The van der Waals surface area contributed by atoms with Gasteiger partial charge in [0.2, 0.25) is 0 Å². The Morgan fingerprint density at radius 2 is 2.18 bits per heavy atom. The second kappa shape index (κ2) is 6.58. The Bertz CT molecular complexity index is 796. The van der Waals surface area contributed by atoms with Crippen molar-refractivity contribution in [2.75, 3.05) is 0 Å². The third kappa shape index (κ3) is 3.43. The highest BCUT2D eigenvalue weighted by Gasteiger charge is 2.05. The topological polar surface area (TPSA) is 85.1 Å². The van der Waals surface area contributed by atoms with Crippen molar-refractivity contribution in [1.29, 1.82) is 0 Å². The minimum Gasteiger partial charge on any atom is -0.267 e. The van der Waals surface area contributed by atoms with Crippen molar-refractivity contribution in [1.82, 2.24) is 25.6 Å². The van der Waals surface area contributed by atoms with Gasteiger partial charge in [0.05, 0.1) is 11.9 Å². The fraction of sp³-hybridized carbons (Fsp3) is 0. The average molecular weight is 377 g/mol. The number of hydrogen-bond donors (Lipinski definition) is 1. The van der Waals surface area contributed by atoms with Crippen LogP contribution in [-0.4, -0.2) is 32.3 Å². The van der Waals surface area contributed by atoms with Crippen LogP contribution in [-0.2, 0) is 0 Å². The molecule has 0 aliphatic rings. The molecule has 0 bridgehead atoms. The number of thiophene rings is 1. The zero-order valence-corrected chi connectivity index (χ0v) is 13.5. The number of tetrazole rings is 1. The van der Waals surface area contributed by atoms with Crippen molar-refractivity contribution in [2.45, 2.75) is 0 Å². The van der Waals surface area contributed by atoms with Gasteiger partial charge in [0, 0.05) is 20.3 Å². The van der Waals surface area contributed by atoms with Gasteiger partial charge in [0.1, 0.15) is 6.33 Å². The van der Waals surface area contributed by atoms with Crippen LogP contribution in [0.3, 0.4) is 0 Å². The Kier molecular flexibility index (Phi) is 4.35. The lowest BCUT2D eigenvalue weighted by molar-refractivity contribution is 0.0955. The molecule has 0 radical (unpaired) electrons. The summed E-state index contributed by atoms with van der Waals surface area (Å²) < 4.78 is 2.50. The molecule has 0 saturated carbocycles. The lowest BCUT2D eigenvalue weighted by Gasteiger charge is -2.02. The van der Waals surface area contributed by atoms with E-state index < -0.39 is 0 Å². The smallest absolute Gasteiger partial charge is 0.267 e. The molecule has 9 heteroatoms. The summed E-state index contributed by atoms with van der Waals surface area (Å²) in [6, 6.07) is 8.80. The number of nitrogens with zero attached hydrogens (tertiary/aromatic N) is 5. The van der Waals surface area contributed by atoms with E-state index in [0.29, 0.717) is 5.56 Å². The van der Waals surface area contributed by atoms with Gasteiger partial charge in [0.25, 0.3) is 5.91 Å². The van der Waals surface area contributed by atoms with Gasteiger partial charge in [-0.05, 0) is 56.7 Å². The van der Waals surface area contributed by atoms with Crippen molar-refractivity contribution >= 4 is 39.4 Å². The first-order valence-corrected chi connectivity index (χ1v) is 7.80. The van der Waals surface area contributed by atoms with E-state index in [1.54, 1.807) is 30.5 Å². The molecule has 3 rings (SSSR count). The SMILES string of the molecule is O=C(N/N=C/c1cc(Br)cs1)c1ccc(-n2cnnn2)cc1. The molecule has 0 atom stereocenters.